The van der Waals surface area contributed by atoms with E-state index in [1.54, 1.807) is 0 Å². The van der Waals surface area contributed by atoms with Gasteiger partial charge in [-0.25, -0.2) is 0 Å². The number of hydrogen-bond acceptors (Lipinski definition) is 4. The molecule has 0 radical (unpaired) electrons. The molecule has 0 amide bonds. The summed E-state index contributed by atoms with van der Waals surface area (Å²) < 4.78 is 5.53. The normalized spacial score (nSPS) is 17.8. The van der Waals surface area contributed by atoms with Crippen molar-refractivity contribution in [3.05, 3.63) is 71.3 Å². The van der Waals surface area contributed by atoms with Crippen molar-refractivity contribution in [1.29, 1.82) is 0 Å². The van der Waals surface area contributed by atoms with Crippen LogP contribution in [0.4, 0.5) is 0 Å². The number of ketones is 1. The molecule has 4 nitrogen and oxygen atoms in total. The number of nitrogens with zero attached hydrogens (tertiary/aromatic N) is 2. The number of hydrogen-bond donors (Lipinski definition) is 0. The number of carbonyl (C=O) groups excluding carboxylic acids is 1. The molecule has 0 aromatic heterocycles. The molecule has 0 N–H and O–H groups in total. The summed E-state index contributed by atoms with van der Waals surface area (Å²) in [5.41, 5.74) is 2.44. The van der Waals surface area contributed by atoms with Crippen molar-refractivity contribution in [2.75, 3.05) is 40.4 Å². The molecule has 1 aliphatic rings. The first kappa shape index (κ1) is 18.8. The van der Waals surface area contributed by atoms with E-state index in [9.17, 15) is 4.79 Å². The Hall–Kier alpha value is -2.01. The summed E-state index contributed by atoms with van der Waals surface area (Å²) in [5.74, 6) is 0.0873. The maximum Gasteiger partial charge on any atom is 0.193 e. The fourth-order valence-corrected chi connectivity index (χ4v) is 3.60. The summed E-state index contributed by atoms with van der Waals surface area (Å²) in [6.07, 6.45) is 0.786. The second kappa shape index (κ2) is 8.12. The van der Waals surface area contributed by atoms with Crippen LogP contribution in [-0.2, 0) is 11.2 Å². The average Bonchev–Trinajstić information content (AvgIpc) is 2.69. The lowest BCUT2D eigenvalue weighted by atomic mass is 9.91. The number of likely N-dealkylation sites (N-methyl/N-ethyl adjacent to an activating group) is 1. The monoisotopic (exact) mass is 352 g/mol. The molecule has 4 heteroatoms. The van der Waals surface area contributed by atoms with E-state index in [-0.39, 0.29) is 11.4 Å². The van der Waals surface area contributed by atoms with E-state index >= 15 is 0 Å². The highest BCUT2D eigenvalue weighted by atomic mass is 16.5. The molecule has 0 saturated carbocycles. The molecule has 1 saturated heterocycles. The smallest absolute Gasteiger partial charge is 0.193 e. The van der Waals surface area contributed by atoms with Crippen LogP contribution in [0.25, 0.3) is 0 Å². The van der Waals surface area contributed by atoms with E-state index in [1.165, 1.54) is 0 Å². The first-order valence-electron chi connectivity index (χ1n) is 9.20. The molecule has 1 fully saturated rings. The molecule has 3 rings (SSSR count). The zero-order chi connectivity index (χ0) is 18.6. The van der Waals surface area contributed by atoms with Gasteiger partial charge in [0.15, 0.2) is 5.78 Å². The van der Waals surface area contributed by atoms with Gasteiger partial charge in [0.25, 0.3) is 0 Å². The highest BCUT2D eigenvalue weighted by Crippen LogP contribution is 2.27. The van der Waals surface area contributed by atoms with E-state index in [1.807, 2.05) is 48.5 Å². The summed E-state index contributed by atoms with van der Waals surface area (Å²) in [5, 5.41) is 0. The van der Waals surface area contributed by atoms with Crippen LogP contribution in [0, 0.1) is 0 Å². The van der Waals surface area contributed by atoms with Gasteiger partial charge in [0.2, 0.25) is 0 Å². The van der Waals surface area contributed by atoms with E-state index in [4.69, 9.17) is 4.74 Å². The van der Waals surface area contributed by atoms with Gasteiger partial charge in [0.1, 0.15) is 0 Å². The molecular formula is C22H28N2O2. The van der Waals surface area contributed by atoms with E-state index in [0.717, 1.165) is 49.4 Å². The van der Waals surface area contributed by atoms with Gasteiger partial charge < -0.3 is 4.74 Å². The minimum Gasteiger partial charge on any atom is -0.379 e. The van der Waals surface area contributed by atoms with Gasteiger partial charge in [-0.15, -0.1) is 0 Å². The van der Waals surface area contributed by atoms with Crippen LogP contribution < -0.4 is 0 Å². The Kier molecular flexibility index (Phi) is 5.87. The highest BCUT2D eigenvalue weighted by Gasteiger charge is 2.36. The Bertz CT molecular complexity index is 739. The van der Waals surface area contributed by atoms with E-state index in [2.05, 4.69) is 36.9 Å². The summed E-state index contributed by atoms with van der Waals surface area (Å²) in [7, 11) is 4.22. The molecule has 2 aromatic carbocycles. The summed E-state index contributed by atoms with van der Waals surface area (Å²) in [6, 6.07) is 17.5. The fraction of sp³-hybridized carbons (Fsp3) is 0.409. The fourth-order valence-electron chi connectivity index (χ4n) is 3.60. The Balaban J connectivity index is 1.92. The molecule has 1 aliphatic heterocycles. The minimum absolute atomic E-state index is 0.0873. The Labute approximate surface area is 156 Å². The van der Waals surface area contributed by atoms with Crippen LogP contribution in [-0.4, -0.2) is 61.6 Å². The van der Waals surface area contributed by atoms with Gasteiger partial charge in [0, 0.05) is 30.6 Å². The van der Waals surface area contributed by atoms with Crippen LogP contribution in [0.15, 0.2) is 54.6 Å². The molecule has 0 aliphatic carbocycles. The molecule has 1 unspecified atom stereocenters. The van der Waals surface area contributed by atoms with Gasteiger partial charge in [-0.2, -0.15) is 0 Å². The second-order valence-corrected chi connectivity index (χ2v) is 7.24. The molecule has 138 valence electrons. The largest absolute Gasteiger partial charge is 0.379 e. The van der Waals surface area contributed by atoms with Crippen LogP contribution in [0.3, 0.4) is 0 Å². The number of morpholine rings is 1. The molecular weight excluding hydrogens is 324 g/mol. The lowest BCUT2D eigenvalue weighted by Crippen LogP contribution is -2.60. The Morgan fingerprint density at radius 3 is 2.31 bits per heavy atom. The van der Waals surface area contributed by atoms with Gasteiger partial charge >= 0.3 is 0 Å². The predicted molar refractivity (Wildman–Crippen MR) is 105 cm³/mol. The Morgan fingerprint density at radius 2 is 1.65 bits per heavy atom. The standard InChI is InChI=1S/C22H28N2O2/c1-22(23(2)3,24-13-15-26-16-14-24)17-19-11-7-8-12-20(19)21(25)18-9-5-4-6-10-18/h4-12H,13-17H2,1-3H3. The average molecular weight is 352 g/mol. The van der Waals surface area contributed by atoms with Crippen molar-refractivity contribution in [2.45, 2.75) is 19.0 Å². The van der Waals surface area contributed by atoms with Crippen LogP contribution in [0.1, 0.15) is 28.4 Å². The summed E-state index contributed by atoms with van der Waals surface area (Å²) in [6.45, 7) is 5.58. The number of rotatable bonds is 6. The van der Waals surface area contributed by atoms with Crippen molar-refractivity contribution in [3.63, 3.8) is 0 Å². The van der Waals surface area contributed by atoms with Crippen LogP contribution in [0.5, 0.6) is 0 Å². The lowest BCUT2D eigenvalue weighted by molar-refractivity contribution is -0.0739. The van der Waals surface area contributed by atoms with Crippen LogP contribution in [0.2, 0.25) is 0 Å². The van der Waals surface area contributed by atoms with Crippen LogP contribution >= 0.6 is 0 Å². The highest BCUT2D eigenvalue weighted by molar-refractivity contribution is 6.09. The maximum atomic E-state index is 13.1. The zero-order valence-corrected chi connectivity index (χ0v) is 15.9. The van der Waals surface area contributed by atoms with Crippen molar-refractivity contribution < 1.29 is 9.53 Å². The molecule has 1 heterocycles. The van der Waals surface area contributed by atoms with Crippen molar-refractivity contribution in [2.24, 2.45) is 0 Å². The third kappa shape index (κ3) is 3.88. The number of ether oxygens (including phenoxy) is 1. The van der Waals surface area contributed by atoms with Gasteiger partial charge in [0.05, 0.1) is 18.9 Å². The third-order valence-corrected chi connectivity index (χ3v) is 5.48. The second-order valence-electron chi connectivity index (χ2n) is 7.24. The maximum absolute atomic E-state index is 13.1. The minimum atomic E-state index is -0.170. The number of benzene rings is 2. The molecule has 2 aromatic rings. The first-order valence-corrected chi connectivity index (χ1v) is 9.20. The third-order valence-electron chi connectivity index (χ3n) is 5.48. The van der Waals surface area contributed by atoms with Gasteiger partial charge in [-0.05, 0) is 26.6 Å². The van der Waals surface area contributed by atoms with Crippen molar-refractivity contribution in [3.8, 4) is 0 Å². The zero-order valence-electron chi connectivity index (χ0n) is 15.9. The van der Waals surface area contributed by atoms with Gasteiger partial charge in [-0.1, -0.05) is 54.6 Å². The van der Waals surface area contributed by atoms with E-state index < -0.39 is 0 Å². The van der Waals surface area contributed by atoms with Gasteiger partial charge in [-0.3, -0.25) is 14.6 Å². The predicted octanol–water partition coefficient (Wildman–Crippen LogP) is 3.07. The SMILES string of the molecule is CN(C)C(C)(Cc1ccccc1C(=O)c1ccccc1)N1CCOCC1. The topological polar surface area (TPSA) is 32.8 Å². The Morgan fingerprint density at radius 1 is 1.04 bits per heavy atom. The molecule has 1 atom stereocenters. The summed E-state index contributed by atoms with van der Waals surface area (Å²) in [4.78, 5) is 17.8. The molecule has 26 heavy (non-hydrogen) atoms. The summed E-state index contributed by atoms with van der Waals surface area (Å²) >= 11 is 0. The number of carbonyl (C=O) groups is 1. The molecule has 0 spiro atoms. The molecule has 0 bridgehead atoms. The lowest BCUT2D eigenvalue weighted by Gasteiger charge is -2.48. The van der Waals surface area contributed by atoms with Crippen molar-refractivity contribution in [1.82, 2.24) is 9.80 Å². The van der Waals surface area contributed by atoms with Crippen molar-refractivity contribution >= 4 is 5.78 Å². The van der Waals surface area contributed by atoms with E-state index in [0.29, 0.717) is 0 Å². The first-order chi connectivity index (χ1) is 12.5. The quantitative estimate of drug-likeness (QED) is 0.748.